The molecule has 1 unspecified atom stereocenters. The number of halogens is 1. The number of anilines is 1. The molecule has 0 aliphatic carbocycles. The van der Waals surface area contributed by atoms with Crippen molar-refractivity contribution in [3.05, 3.63) is 53.1 Å². The summed E-state index contributed by atoms with van der Waals surface area (Å²) >= 11 is 6.03. The molecule has 0 radical (unpaired) electrons. The third-order valence-corrected chi connectivity index (χ3v) is 4.11. The van der Waals surface area contributed by atoms with E-state index in [4.69, 9.17) is 25.8 Å². The summed E-state index contributed by atoms with van der Waals surface area (Å²) < 4.78 is 15.7. The minimum Gasteiger partial charge on any atom is -0.496 e. The Labute approximate surface area is 149 Å². The van der Waals surface area contributed by atoms with Crippen LogP contribution in [0.3, 0.4) is 0 Å². The van der Waals surface area contributed by atoms with Crippen LogP contribution in [0.25, 0.3) is 0 Å². The Morgan fingerprint density at radius 3 is 2.68 bits per heavy atom. The van der Waals surface area contributed by atoms with Gasteiger partial charge in [0.05, 0.1) is 32.0 Å². The molecule has 1 aliphatic rings. The number of ether oxygens (including phenoxy) is 3. The number of hydrogen-bond donors (Lipinski definition) is 0. The highest BCUT2D eigenvalue weighted by atomic mass is 35.5. The molecule has 0 fully saturated rings. The average molecular weight is 362 g/mol. The zero-order chi connectivity index (χ0) is 18.0. The van der Waals surface area contributed by atoms with Crippen molar-refractivity contribution in [1.29, 1.82) is 0 Å². The number of esters is 1. The summed E-state index contributed by atoms with van der Waals surface area (Å²) in [6.07, 6.45) is -0.908. The Balaban J connectivity index is 2.04. The van der Waals surface area contributed by atoms with E-state index in [1.165, 1.54) is 25.2 Å². The largest absolute Gasteiger partial charge is 0.496 e. The van der Waals surface area contributed by atoms with Gasteiger partial charge in [-0.05, 0) is 30.3 Å². The number of carbonyl (C=O) groups excluding carboxylic acids is 2. The molecule has 1 amide bonds. The highest BCUT2D eigenvalue weighted by molar-refractivity contribution is 6.31. The summed E-state index contributed by atoms with van der Waals surface area (Å²) in [4.78, 5) is 26.5. The van der Waals surface area contributed by atoms with Crippen LogP contribution in [0.1, 0.15) is 10.4 Å². The van der Waals surface area contributed by atoms with Gasteiger partial charge in [0.1, 0.15) is 11.5 Å². The Kier molecular flexibility index (Phi) is 4.81. The van der Waals surface area contributed by atoms with Crippen LogP contribution in [-0.2, 0) is 9.53 Å². The maximum absolute atomic E-state index is 13.1. The maximum Gasteiger partial charge on any atom is 0.348 e. The Morgan fingerprint density at radius 2 is 1.96 bits per heavy atom. The van der Waals surface area contributed by atoms with Gasteiger partial charge in [-0.2, -0.15) is 0 Å². The van der Waals surface area contributed by atoms with Gasteiger partial charge in [0.15, 0.2) is 0 Å². The molecule has 130 valence electrons. The molecule has 6 nitrogen and oxygen atoms in total. The van der Waals surface area contributed by atoms with Crippen molar-refractivity contribution in [2.45, 2.75) is 6.10 Å². The highest BCUT2D eigenvalue weighted by Gasteiger charge is 2.35. The second-order valence-electron chi connectivity index (χ2n) is 5.36. The van der Waals surface area contributed by atoms with Gasteiger partial charge in [-0.15, -0.1) is 0 Å². The first kappa shape index (κ1) is 17.1. The summed E-state index contributed by atoms with van der Waals surface area (Å²) in [7, 11) is 2.75. The van der Waals surface area contributed by atoms with Gasteiger partial charge in [-0.3, -0.25) is 4.79 Å². The number of rotatable bonds is 3. The number of methoxy groups -OCH3 is 2. The van der Waals surface area contributed by atoms with Crippen molar-refractivity contribution in [2.75, 3.05) is 25.7 Å². The van der Waals surface area contributed by atoms with E-state index in [-0.39, 0.29) is 12.5 Å². The van der Waals surface area contributed by atoms with E-state index in [0.29, 0.717) is 27.8 Å². The van der Waals surface area contributed by atoms with Gasteiger partial charge in [0, 0.05) is 5.02 Å². The first-order valence-electron chi connectivity index (χ1n) is 7.54. The second kappa shape index (κ2) is 7.03. The molecule has 3 rings (SSSR count). The molecule has 2 aromatic rings. The van der Waals surface area contributed by atoms with Gasteiger partial charge in [0.25, 0.3) is 5.91 Å². The lowest BCUT2D eigenvalue weighted by molar-refractivity contribution is -0.148. The van der Waals surface area contributed by atoms with Crippen molar-refractivity contribution in [2.24, 2.45) is 0 Å². The molecule has 1 aliphatic heterocycles. The number of nitrogens with zero attached hydrogens (tertiary/aromatic N) is 1. The number of benzene rings is 2. The number of fused-ring (bicyclic) bond motifs is 1. The van der Waals surface area contributed by atoms with Gasteiger partial charge in [0.2, 0.25) is 6.10 Å². The van der Waals surface area contributed by atoms with E-state index in [1.54, 1.807) is 36.4 Å². The van der Waals surface area contributed by atoms with Crippen LogP contribution < -0.4 is 14.4 Å². The lowest BCUT2D eigenvalue weighted by Gasteiger charge is -2.33. The smallest absolute Gasteiger partial charge is 0.348 e. The number of para-hydroxylation sites is 2. The zero-order valence-electron chi connectivity index (χ0n) is 13.7. The summed E-state index contributed by atoms with van der Waals surface area (Å²) in [5.41, 5.74) is 0.866. The molecule has 1 atom stereocenters. The molecule has 0 bridgehead atoms. The van der Waals surface area contributed by atoms with Crippen LogP contribution in [0, 0.1) is 0 Å². The fourth-order valence-corrected chi connectivity index (χ4v) is 2.85. The third-order valence-electron chi connectivity index (χ3n) is 3.87. The molecule has 1 heterocycles. The summed E-state index contributed by atoms with van der Waals surface area (Å²) in [6.45, 7) is 0.0260. The molecule has 0 N–H and O–H groups in total. The van der Waals surface area contributed by atoms with Crippen molar-refractivity contribution in [3.8, 4) is 11.5 Å². The third kappa shape index (κ3) is 3.25. The second-order valence-corrected chi connectivity index (χ2v) is 5.79. The minimum absolute atomic E-state index is 0.0260. The molecule has 0 aromatic heterocycles. The standard InChI is InChI=1S/C18H16ClNO5/c1-23-14-8-7-11(19)9-12(14)17(21)20-10-16(18(22)24-2)25-15-6-4-3-5-13(15)20/h3-9,16H,10H2,1-2H3. The van der Waals surface area contributed by atoms with Gasteiger partial charge >= 0.3 is 5.97 Å². The van der Waals surface area contributed by atoms with Crippen LogP contribution >= 0.6 is 11.6 Å². The van der Waals surface area contributed by atoms with Crippen LogP contribution in [0.15, 0.2) is 42.5 Å². The van der Waals surface area contributed by atoms with E-state index in [1.807, 2.05) is 0 Å². The van der Waals surface area contributed by atoms with Crippen LogP contribution in [-0.4, -0.2) is 38.7 Å². The molecule has 25 heavy (non-hydrogen) atoms. The summed E-state index contributed by atoms with van der Waals surface area (Å²) in [5, 5.41) is 0.412. The van der Waals surface area contributed by atoms with E-state index in [0.717, 1.165) is 0 Å². The fraction of sp³-hybridized carbons (Fsp3) is 0.222. The molecule has 0 saturated heterocycles. The quantitative estimate of drug-likeness (QED) is 0.786. The molecular formula is C18H16ClNO5. The van der Waals surface area contributed by atoms with Crippen molar-refractivity contribution >= 4 is 29.2 Å². The normalized spacial score (nSPS) is 15.8. The lowest BCUT2D eigenvalue weighted by Crippen LogP contribution is -2.47. The highest BCUT2D eigenvalue weighted by Crippen LogP contribution is 2.35. The monoisotopic (exact) mass is 361 g/mol. The van der Waals surface area contributed by atoms with Crippen LogP contribution in [0.5, 0.6) is 11.5 Å². The molecule has 0 spiro atoms. The predicted octanol–water partition coefficient (Wildman–Crippen LogP) is 2.93. The van der Waals surface area contributed by atoms with E-state index in [9.17, 15) is 9.59 Å². The molecular weight excluding hydrogens is 346 g/mol. The number of hydrogen-bond acceptors (Lipinski definition) is 5. The first-order valence-corrected chi connectivity index (χ1v) is 7.92. The SMILES string of the molecule is COC(=O)C1CN(C(=O)c2cc(Cl)ccc2OC)c2ccccc2O1. The van der Waals surface area contributed by atoms with Crippen LogP contribution in [0.2, 0.25) is 5.02 Å². The van der Waals surface area contributed by atoms with Gasteiger partial charge < -0.3 is 19.1 Å². The van der Waals surface area contributed by atoms with Crippen LogP contribution in [0.4, 0.5) is 5.69 Å². The van der Waals surface area contributed by atoms with Crippen molar-refractivity contribution in [3.63, 3.8) is 0 Å². The Morgan fingerprint density at radius 1 is 1.20 bits per heavy atom. The Hall–Kier alpha value is -2.73. The molecule has 2 aromatic carbocycles. The lowest BCUT2D eigenvalue weighted by atomic mass is 10.1. The number of carbonyl (C=O) groups is 2. The minimum atomic E-state index is -0.908. The van der Waals surface area contributed by atoms with Gasteiger partial charge in [-0.25, -0.2) is 4.79 Å². The van der Waals surface area contributed by atoms with E-state index >= 15 is 0 Å². The van der Waals surface area contributed by atoms with Crippen molar-refractivity contribution < 1.29 is 23.8 Å². The zero-order valence-corrected chi connectivity index (χ0v) is 14.4. The average Bonchev–Trinajstić information content (AvgIpc) is 2.65. The fourth-order valence-electron chi connectivity index (χ4n) is 2.67. The van der Waals surface area contributed by atoms with Crippen molar-refractivity contribution in [1.82, 2.24) is 0 Å². The maximum atomic E-state index is 13.1. The van der Waals surface area contributed by atoms with E-state index < -0.39 is 12.1 Å². The predicted molar refractivity (Wildman–Crippen MR) is 92.6 cm³/mol. The topological polar surface area (TPSA) is 65.1 Å². The van der Waals surface area contributed by atoms with Gasteiger partial charge in [-0.1, -0.05) is 23.7 Å². The first-order chi connectivity index (χ1) is 12.0. The molecule has 7 heteroatoms. The number of amides is 1. The Bertz CT molecular complexity index is 823. The summed E-state index contributed by atoms with van der Waals surface area (Å²) in [6, 6.07) is 11.8. The summed E-state index contributed by atoms with van der Waals surface area (Å²) in [5.74, 6) is -0.0687. The van der Waals surface area contributed by atoms with E-state index in [2.05, 4.69) is 0 Å². The molecule has 0 saturated carbocycles.